The molecule has 0 aliphatic heterocycles. The van der Waals surface area contributed by atoms with Crippen molar-refractivity contribution < 1.29 is 9.84 Å². The maximum atomic E-state index is 10.2. The zero-order valence-corrected chi connectivity index (χ0v) is 14.3. The molecule has 2 aromatic carbocycles. The van der Waals surface area contributed by atoms with Crippen LogP contribution in [0.3, 0.4) is 0 Å². The van der Waals surface area contributed by atoms with Gasteiger partial charge in [0.25, 0.3) is 0 Å². The van der Waals surface area contributed by atoms with Crippen molar-refractivity contribution in [1.29, 1.82) is 0 Å². The Labute approximate surface area is 139 Å². The summed E-state index contributed by atoms with van der Waals surface area (Å²) in [6, 6.07) is 18.2. The van der Waals surface area contributed by atoms with Gasteiger partial charge in [0.2, 0.25) is 0 Å². The smallest absolute Gasteiger partial charge is 0.118 e. The molecule has 0 saturated heterocycles. The average molecular weight is 313 g/mol. The number of nitrogens with one attached hydrogen (secondary N) is 1. The molecule has 0 fully saturated rings. The van der Waals surface area contributed by atoms with Crippen molar-refractivity contribution in [3.63, 3.8) is 0 Å². The summed E-state index contributed by atoms with van der Waals surface area (Å²) >= 11 is 0. The number of ether oxygens (including phenoxy) is 1. The fourth-order valence-corrected chi connectivity index (χ4v) is 2.67. The van der Waals surface area contributed by atoms with E-state index in [4.69, 9.17) is 4.74 Å². The molecule has 3 nitrogen and oxygen atoms in total. The number of aliphatic hydroxyl groups is 1. The second-order valence-corrected chi connectivity index (χ2v) is 6.63. The molecule has 1 unspecified atom stereocenters. The van der Waals surface area contributed by atoms with Gasteiger partial charge >= 0.3 is 0 Å². The van der Waals surface area contributed by atoms with Gasteiger partial charge in [0, 0.05) is 12.1 Å². The highest BCUT2D eigenvalue weighted by Gasteiger charge is 2.19. The molecule has 0 aliphatic carbocycles. The molecule has 1 atom stereocenters. The van der Waals surface area contributed by atoms with Crippen molar-refractivity contribution >= 4 is 0 Å². The molecule has 0 saturated carbocycles. The van der Waals surface area contributed by atoms with Gasteiger partial charge in [-0.2, -0.15) is 0 Å². The normalized spacial score (nSPS) is 12.9. The van der Waals surface area contributed by atoms with E-state index < -0.39 is 0 Å². The fourth-order valence-electron chi connectivity index (χ4n) is 2.67. The largest absolute Gasteiger partial charge is 0.497 e. The van der Waals surface area contributed by atoms with Gasteiger partial charge in [0.05, 0.1) is 13.2 Å². The third-order valence-electron chi connectivity index (χ3n) is 3.94. The molecule has 0 heterocycles. The van der Waals surface area contributed by atoms with Crippen LogP contribution in [0.5, 0.6) is 5.75 Å². The van der Waals surface area contributed by atoms with Crippen LogP contribution in [0.2, 0.25) is 0 Å². The van der Waals surface area contributed by atoms with Gasteiger partial charge in [-0.25, -0.2) is 0 Å². The minimum absolute atomic E-state index is 0.0771. The Morgan fingerprint density at radius 3 is 2.26 bits per heavy atom. The molecule has 0 bridgehead atoms. The fraction of sp³-hybridized carbons (Fsp3) is 0.400. The quantitative estimate of drug-likeness (QED) is 0.786. The van der Waals surface area contributed by atoms with Crippen LogP contribution < -0.4 is 10.1 Å². The Bertz CT molecular complexity index is 578. The minimum atomic E-state index is -0.382. The summed E-state index contributed by atoms with van der Waals surface area (Å²) in [6.07, 6.45) is 1.19. The summed E-state index contributed by atoms with van der Waals surface area (Å²) in [5.74, 6) is 0.873. The molecule has 2 rings (SSSR count). The first-order valence-electron chi connectivity index (χ1n) is 8.08. The number of aliphatic hydroxyl groups excluding tert-OH is 1. The van der Waals surface area contributed by atoms with Crippen molar-refractivity contribution in [3.05, 3.63) is 65.7 Å². The standard InChI is InChI=1S/C20H27NO2/c1-20(2,14-17-9-11-19(23-3)12-10-17)21-15-18(22)13-16-7-5-4-6-8-16/h4-12,18,21-22H,13-15H2,1-3H3. The molecule has 23 heavy (non-hydrogen) atoms. The lowest BCUT2D eigenvalue weighted by Gasteiger charge is -2.28. The predicted molar refractivity (Wildman–Crippen MR) is 94.9 cm³/mol. The molecule has 0 aliphatic rings. The van der Waals surface area contributed by atoms with Crippen LogP contribution in [0, 0.1) is 0 Å². The van der Waals surface area contributed by atoms with Gasteiger partial charge in [-0.1, -0.05) is 42.5 Å². The molecular formula is C20H27NO2. The Morgan fingerprint density at radius 1 is 1.00 bits per heavy atom. The summed E-state index contributed by atoms with van der Waals surface area (Å²) in [4.78, 5) is 0. The van der Waals surface area contributed by atoms with Crippen molar-refractivity contribution in [2.75, 3.05) is 13.7 Å². The van der Waals surface area contributed by atoms with Crippen molar-refractivity contribution in [2.24, 2.45) is 0 Å². The highest BCUT2D eigenvalue weighted by atomic mass is 16.5. The maximum absolute atomic E-state index is 10.2. The second-order valence-electron chi connectivity index (χ2n) is 6.63. The lowest BCUT2D eigenvalue weighted by Crippen LogP contribution is -2.45. The van der Waals surface area contributed by atoms with Gasteiger partial charge in [0.15, 0.2) is 0 Å². The van der Waals surface area contributed by atoms with Crippen LogP contribution >= 0.6 is 0 Å². The summed E-state index contributed by atoms with van der Waals surface area (Å²) in [5, 5.41) is 13.7. The molecule has 0 spiro atoms. The monoisotopic (exact) mass is 313 g/mol. The Hall–Kier alpha value is -1.84. The van der Waals surface area contributed by atoms with Crippen LogP contribution in [-0.2, 0) is 12.8 Å². The predicted octanol–water partition coefficient (Wildman–Crippen LogP) is 3.21. The molecule has 3 heteroatoms. The lowest BCUT2D eigenvalue weighted by atomic mass is 9.94. The third-order valence-corrected chi connectivity index (χ3v) is 3.94. The van der Waals surface area contributed by atoms with Crippen molar-refractivity contribution in [1.82, 2.24) is 5.32 Å². The van der Waals surface area contributed by atoms with Gasteiger partial charge < -0.3 is 15.2 Å². The van der Waals surface area contributed by atoms with Crippen LogP contribution in [0.1, 0.15) is 25.0 Å². The zero-order chi connectivity index (χ0) is 16.7. The Kier molecular flexibility index (Phi) is 6.20. The molecule has 124 valence electrons. The first kappa shape index (κ1) is 17.5. The first-order valence-corrected chi connectivity index (χ1v) is 8.08. The molecular weight excluding hydrogens is 286 g/mol. The lowest BCUT2D eigenvalue weighted by molar-refractivity contribution is 0.158. The van der Waals surface area contributed by atoms with Gasteiger partial charge in [-0.05, 0) is 49.9 Å². The van der Waals surface area contributed by atoms with E-state index >= 15 is 0 Å². The number of benzene rings is 2. The van der Waals surface area contributed by atoms with E-state index in [0.29, 0.717) is 13.0 Å². The Morgan fingerprint density at radius 2 is 1.65 bits per heavy atom. The SMILES string of the molecule is COc1ccc(CC(C)(C)NCC(O)Cc2ccccc2)cc1. The van der Waals surface area contributed by atoms with E-state index in [0.717, 1.165) is 17.7 Å². The van der Waals surface area contributed by atoms with Crippen LogP contribution in [0.15, 0.2) is 54.6 Å². The van der Waals surface area contributed by atoms with E-state index in [2.05, 4.69) is 31.3 Å². The topological polar surface area (TPSA) is 41.5 Å². The van der Waals surface area contributed by atoms with E-state index in [1.807, 2.05) is 42.5 Å². The first-order chi connectivity index (χ1) is 11.0. The van der Waals surface area contributed by atoms with Crippen molar-refractivity contribution in [3.8, 4) is 5.75 Å². The number of rotatable bonds is 8. The summed E-state index contributed by atoms with van der Waals surface area (Å²) in [5.41, 5.74) is 2.34. The molecule has 2 N–H and O–H groups in total. The third kappa shape index (κ3) is 6.05. The minimum Gasteiger partial charge on any atom is -0.497 e. The summed E-state index contributed by atoms with van der Waals surface area (Å²) < 4.78 is 5.19. The summed E-state index contributed by atoms with van der Waals surface area (Å²) in [7, 11) is 1.68. The van der Waals surface area contributed by atoms with Crippen LogP contribution in [0.25, 0.3) is 0 Å². The maximum Gasteiger partial charge on any atom is 0.118 e. The molecule has 0 aromatic heterocycles. The van der Waals surface area contributed by atoms with E-state index in [9.17, 15) is 5.11 Å². The highest BCUT2D eigenvalue weighted by Crippen LogP contribution is 2.17. The Balaban J connectivity index is 1.82. The van der Waals surface area contributed by atoms with Crippen LogP contribution in [-0.4, -0.2) is 30.4 Å². The van der Waals surface area contributed by atoms with E-state index in [-0.39, 0.29) is 11.6 Å². The van der Waals surface area contributed by atoms with Gasteiger partial charge in [-0.15, -0.1) is 0 Å². The second kappa shape index (κ2) is 8.14. The van der Waals surface area contributed by atoms with E-state index in [1.54, 1.807) is 7.11 Å². The number of hydrogen-bond acceptors (Lipinski definition) is 3. The molecule has 0 amide bonds. The van der Waals surface area contributed by atoms with Crippen molar-refractivity contribution in [2.45, 2.75) is 38.3 Å². The molecule has 0 radical (unpaired) electrons. The van der Waals surface area contributed by atoms with Crippen LogP contribution in [0.4, 0.5) is 0 Å². The highest BCUT2D eigenvalue weighted by molar-refractivity contribution is 5.28. The number of methoxy groups -OCH3 is 1. The van der Waals surface area contributed by atoms with Gasteiger partial charge in [0.1, 0.15) is 5.75 Å². The average Bonchev–Trinajstić information content (AvgIpc) is 2.54. The zero-order valence-electron chi connectivity index (χ0n) is 14.3. The molecule has 2 aromatic rings. The number of β-amino-alcohol motifs (C(OH)–C–C–N with tert-alkyl or cyclic N) is 1. The van der Waals surface area contributed by atoms with E-state index in [1.165, 1.54) is 5.56 Å². The number of hydrogen-bond donors (Lipinski definition) is 2. The summed E-state index contributed by atoms with van der Waals surface area (Å²) in [6.45, 7) is 4.90. The van der Waals surface area contributed by atoms with Gasteiger partial charge in [-0.3, -0.25) is 0 Å².